The van der Waals surface area contributed by atoms with Crippen LogP contribution in [0.4, 0.5) is 4.39 Å². The average Bonchev–Trinajstić information content (AvgIpc) is 3.11. The molecule has 0 saturated carbocycles. The molecular formula is C22H24BrFN4O. The topological polar surface area (TPSA) is 50.2 Å². The van der Waals surface area contributed by atoms with Crippen LogP contribution in [0.25, 0.3) is 0 Å². The van der Waals surface area contributed by atoms with Crippen molar-refractivity contribution in [2.24, 2.45) is 0 Å². The van der Waals surface area contributed by atoms with E-state index in [-0.39, 0.29) is 17.8 Å². The van der Waals surface area contributed by atoms with Crippen molar-refractivity contribution in [1.82, 2.24) is 20.0 Å². The second kappa shape index (κ2) is 9.80. The van der Waals surface area contributed by atoms with Crippen LogP contribution in [0.2, 0.25) is 0 Å². The highest BCUT2D eigenvalue weighted by Gasteiger charge is 2.16. The fraction of sp³-hybridized carbons (Fsp3) is 0.273. The predicted molar refractivity (Wildman–Crippen MR) is 115 cm³/mol. The summed E-state index contributed by atoms with van der Waals surface area (Å²) in [6.07, 6.45) is 4.38. The van der Waals surface area contributed by atoms with E-state index in [1.807, 2.05) is 49.2 Å². The summed E-state index contributed by atoms with van der Waals surface area (Å²) in [5, 5.41) is 7.33. The summed E-state index contributed by atoms with van der Waals surface area (Å²) in [6.45, 7) is 1.44. The standard InChI is InChI=1S/C22H24BrFN4O/c1-27(2)12-11-21(17-7-9-20(24)10-8-17)26-22(29)18-5-3-16(4-6-18)14-28-15-19(23)13-25-28/h3-10,13,15,21H,11-12,14H2,1-2H3,(H,26,29). The van der Waals surface area contributed by atoms with Gasteiger partial charge in [0, 0.05) is 11.8 Å². The molecule has 1 amide bonds. The summed E-state index contributed by atoms with van der Waals surface area (Å²) >= 11 is 3.38. The van der Waals surface area contributed by atoms with E-state index in [4.69, 9.17) is 0 Å². The van der Waals surface area contributed by atoms with Gasteiger partial charge in [0.1, 0.15) is 5.82 Å². The molecule has 0 aliphatic heterocycles. The van der Waals surface area contributed by atoms with Crippen molar-refractivity contribution in [3.63, 3.8) is 0 Å². The van der Waals surface area contributed by atoms with Gasteiger partial charge < -0.3 is 10.2 Å². The van der Waals surface area contributed by atoms with Gasteiger partial charge >= 0.3 is 0 Å². The Morgan fingerprint density at radius 3 is 2.45 bits per heavy atom. The van der Waals surface area contributed by atoms with Gasteiger partial charge in [0.15, 0.2) is 0 Å². The second-order valence-electron chi connectivity index (χ2n) is 7.22. The summed E-state index contributed by atoms with van der Waals surface area (Å²) in [4.78, 5) is 14.9. The van der Waals surface area contributed by atoms with Gasteiger partial charge in [-0.25, -0.2) is 4.39 Å². The molecule has 0 aliphatic carbocycles. The molecule has 1 aromatic heterocycles. The Labute approximate surface area is 178 Å². The molecule has 1 heterocycles. The predicted octanol–water partition coefficient (Wildman–Crippen LogP) is 4.26. The minimum atomic E-state index is -0.286. The molecular weight excluding hydrogens is 435 g/mol. The summed E-state index contributed by atoms with van der Waals surface area (Å²) in [5.74, 6) is -0.433. The zero-order valence-corrected chi connectivity index (χ0v) is 18.1. The van der Waals surface area contributed by atoms with E-state index in [9.17, 15) is 9.18 Å². The molecule has 0 aliphatic rings. The van der Waals surface area contributed by atoms with Gasteiger partial charge in [-0.15, -0.1) is 0 Å². The zero-order chi connectivity index (χ0) is 20.8. The number of benzene rings is 2. The maximum Gasteiger partial charge on any atom is 0.251 e. The lowest BCUT2D eigenvalue weighted by atomic mass is 10.0. The Morgan fingerprint density at radius 2 is 1.86 bits per heavy atom. The molecule has 0 radical (unpaired) electrons. The van der Waals surface area contributed by atoms with E-state index < -0.39 is 0 Å². The number of hydrogen-bond acceptors (Lipinski definition) is 3. The fourth-order valence-electron chi connectivity index (χ4n) is 3.02. The first-order chi connectivity index (χ1) is 13.9. The zero-order valence-electron chi connectivity index (χ0n) is 16.5. The van der Waals surface area contributed by atoms with Crippen molar-refractivity contribution in [2.45, 2.75) is 19.0 Å². The lowest BCUT2D eigenvalue weighted by molar-refractivity contribution is 0.0932. The largest absolute Gasteiger partial charge is 0.345 e. The van der Waals surface area contributed by atoms with Gasteiger partial charge in [-0.1, -0.05) is 24.3 Å². The van der Waals surface area contributed by atoms with Gasteiger partial charge in [-0.2, -0.15) is 5.10 Å². The summed E-state index contributed by atoms with van der Waals surface area (Å²) in [6, 6.07) is 13.6. The van der Waals surface area contributed by atoms with Crippen LogP contribution in [0.3, 0.4) is 0 Å². The molecule has 152 valence electrons. The highest BCUT2D eigenvalue weighted by molar-refractivity contribution is 9.10. The van der Waals surface area contributed by atoms with Crippen LogP contribution in [0.1, 0.15) is 33.9 Å². The molecule has 29 heavy (non-hydrogen) atoms. The van der Waals surface area contributed by atoms with Gasteiger partial charge in [0.2, 0.25) is 0 Å². The van der Waals surface area contributed by atoms with Crippen LogP contribution in [0, 0.1) is 5.82 Å². The number of carbonyl (C=O) groups excluding carboxylic acids is 1. The van der Waals surface area contributed by atoms with Crippen LogP contribution < -0.4 is 5.32 Å². The first-order valence-electron chi connectivity index (χ1n) is 9.38. The monoisotopic (exact) mass is 458 g/mol. The summed E-state index contributed by atoms with van der Waals surface area (Å²) in [7, 11) is 3.97. The fourth-order valence-corrected chi connectivity index (χ4v) is 3.35. The van der Waals surface area contributed by atoms with E-state index in [0.717, 1.165) is 28.6 Å². The number of aromatic nitrogens is 2. The van der Waals surface area contributed by atoms with Crippen molar-refractivity contribution in [2.75, 3.05) is 20.6 Å². The first-order valence-corrected chi connectivity index (χ1v) is 10.2. The summed E-state index contributed by atoms with van der Waals surface area (Å²) in [5.41, 5.74) is 2.54. The SMILES string of the molecule is CN(C)CCC(NC(=O)c1ccc(Cn2cc(Br)cn2)cc1)c1ccc(F)cc1. The first kappa shape index (κ1) is 21.2. The normalized spacial score (nSPS) is 12.2. The maximum absolute atomic E-state index is 13.3. The van der Waals surface area contributed by atoms with Crippen LogP contribution in [-0.4, -0.2) is 41.2 Å². The van der Waals surface area contributed by atoms with Crippen molar-refractivity contribution in [3.8, 4) is 0 Å². The Morgan fingerprint density at radius 1 is 1.17 bits per heavy atom. The number of halogens is 2. The molecule has 1 N–H and O–H groups in total. The molecule has 0 bridgehead atoms. The molecule has 3 aromatic rings. The van der Waals surface area contributed by atoms with E-state index in [0.29, 0.717) is 12.1 Å². The van der Waals surface area contributed by atoms with Crippen molar-refractivity contribution in [1.29, 1.82) is 0 Å². The third-order valence-corrected chi connectivity index (χ3v) is 5.01. The number of nitrogens with one attached hydrogen (secondary N) is 1. The van der Waals surface area contributed by atoms with E-state index >= 15 is 0 Å². The average molecular weight is 459 g/mol. The minimum Gasteiger partial charge on any atom is -0.345 e. The van der Waals surface area contributed by atoms with Crippen LogP contribution in [-0.2, 0) is 6.54 Å². The molecule has 2 aromatic carbocycles. The third-order valence-electron chi connectivity index (χ3n) is 4.61. The highest BCUT2D eigenvalue weighted by atomic mass is 79.9. The highest BCUT2D eigenvalue weighted by Crippen LogP contribution is 2.19. The van der Waals surface area contributed by atoms with Crippen molar-refractivity contribution >= 4 is 21.8 Å². The Bertz CT molecular complexity index is 938. The second-order valence-corrected chi connectivity index (χ2v) is 8.14. The lowest BCUT2D eigenvalue weighted by Gasteiger charge is -2.21. The van der Waals surface area contributed by atoms with Crippen LogP contribution in [0.5, 0.6) is 0 Å². The molecule has 0 spiro atoms. The number of carbonyl (C=O) groups is 1. The molecule has 3 rings (SSSR count). The van der Waals surface area contributed by atoms with Crippen molar-refractivity contribution in [3.05, 3.63) is 87.9 Å². The molecule has 5 nitrogen and oxygen atoms in total. The van der Waals surface area contributed by atoms with E-state index in [2.05, 4.69) is 31.2 Å². The molecule has 1 unspecified atom stereocenters. The van der Waals surface area contributed by atoms with Crippen molar-refractivity contribution < 1.29 is 9.18 Å². The van der Waals surface area contributed by atoms with Gasteiger partial charge in [-0.05, 0) is 78.4 Å². The molecule has 0 saturated heterocycles. The van der Waals surface area contributed by atoms with E-state index in [1.165, 1.54) is 12.1 Å². The van der Waals surface area contributed by atoms with E-state index in [1.54, 1.807) is 18.3 Å². The van der Waals surface area contributed by atoms with Gasteiger partial charge in [0.25, 0.3) is 5.91 Å². The Kier molecular flexibility index (Phi) is 7.17. The Balaban J connectivity index is 1.68. The maximum atomic E-state index is 13.3. The molecule has 0 fully saturated rings. The van der Waals surface area contributed by atoms with Crippen LogP contribution >= 0.6 is 15.9 Å². The van der Waals surface area contributed by atoms with Crippen LogP contribution in [0.15, 0.2) is 65.4 Å². The quantitative estimate of drug-likeness (QED) is 0.548. The number of amides is 1. The lowest BCUT2D eigenvalue weighted by Crippen LogP contribution is -2.31. The minimum absolute atomic E-state index is 0.147. The number of hydrogen-bond donors (Lipinski definition) is 1. The summed E-state index contributed by atoms with van der Waals surface area (Å²) < 4.78 is 16.0. The molecule has 1 atom stereocenters. The number of nitrogens with zero attached hydrogens (tertiary/aromatic N) is 3. The smallest absolute Gasteiger partial charge is 0.251 e. The van der Waals surface area contributed by atoms with Gasteiger partial charge in [-0.3, -0.25) is 9.48 Å². The number of rotatable bonds is 8. The van der Waals surface area contributed by atoms with Gasteiger partial charge in [0.05, 0.1) is 23.3 Å². The molecule has 7 heteroatoms. The Hall–Kier alpha value is -2.51. The third kappa shape index (κ3) is 6.24.